The summed E-state index contributed by atoms with van der Waals surface area (Å²) < 4.78 is 31.0. The van der Waals surface area contributed by atoms with Crippen molar-refractivity contribution >= 4 is 15.9 Å². The van der Waals surface area contributed by atoms with E-state index in [4.69, 9.17) is 4.74 Å². The summed E-state index contributed by atoms with van der Waals surface area (Å²) in [5.74, 6) is 1.15. The van der Waals surface area contributed by atoms with Crippen molar-refractivity contribution < 1.29 is 17.9 Å². The van der Waals surface area contributed by atoms with Crippen LogP contribution in [0.2, 0.25) is 0 Å². The molecule has 0 aliphatic rings. The predicted molar refractivity (Wildman–Crippen MR) is 111 cm³/mol. The summed E-state index contributed by atoms with van der Waals surface area (Å²) in [4.78, 5) is 12.6. The van der Waals surface area contributed by atoms with E-state index in [-0.39, 0.29) is 10.8 Å². The van der Waals surface area contributed by atoms with Crippen molar-refractivity contribution in [2.45, 2.75) is 11.4 Å². The molecule has 0 aliphatic heterocycles. The number of para-hydroxylation sites is 1. The second-order valence-electron chi connectivity index (χ2n) is 6.55. The minimum absolute atomic E-state index is 0.214. The smallest absolute Gasteiger partial charge is 0.251 e. The molecule has 3 aromatic rings. The zero-order chi connectivity index (χ0) is 20.9. The minimum atomic E-state index is -3.46. The zero-order valence-corrected chi connectivity index (χ0v) is 17.0. The molecule has 7 heteroatoms. The first-order valence-electron chi connectivity index (χ1n) is 8.99. The highest BCUT2D eigenvalue weighted by Gasteiger charge is 2.16. The van der Waals surface area contributed by atoms with Crippen LogP contribution in [0, 0.1) is 0 Å². The molecule has 3 aromatic carbocycles. The summed E-state index contributed by atoms with van der Waals surface area (Å²) in [6, 6.07) is 22.7. The second kappa shape index (κ2) is 8.89. The molecule has 1 amide bonds. The Morgan fingerprint density at radius 1 is 0.862 bits per heavy atom. The van der Waals surface area contributed by atoms with Gasteiger partial charge in [0.2, 0.25) is 10.0 Å². The van der Waals surface area contributed by atoms with E-state index in [0.29, 0.717) is 17.9 Å². The molecule has 6 nitrogen and oxygen atoms in total. The van der Waals surface area contributed by atoms with Crippen molar-refractivity contribution in [1.82, 2.24) is 9.62 Å². The molecule has 0 saturated heterocycles. The zero-order valence-electron chi connectivity index (χ0n) is 16.2. The normalized spacial score (nSPS) is 11.3. The van der Waals surface area contributed by atoms with Gasteiger partial charge >= 0.3 is 0 Å². The summed E-state index contributed by atoms with van der Waals surface area (Å²) >= 11 is 0. The van der Waals surface area contributed by atoms with E-state index < -0.39 is 10.0 Å². The fourth-order valence-electron chi connectivity index (χ4n) is 2.57. The van der Waals surface area contributed by atoms with Crippen LogP contribution in [-0.2, 0) is 16.6 Å². The van der Waals surface area contributed by atoms with Crippen molar-refractivity contribution in [3.8, 4) is 11.5 Å². The molecule has 0 atom stereocenters. The lowest BCUT2D eigenvalue weighted by atomic mass is 10.2. The maximum Gasteiger partial charge on any atom is 0.251 e. The van der Waals surface area contributed by atoms with Gasteiger partial charge in [0, 0.05) is 26.2 Å². The Labute approximate surface area is 170 Å². The Kier molecular flexibility index (Phi) is 6.31. The van der Waals surface area contributed by atoms with Gasteiger partial charge in [-0.25, -0.2) is 12.7 Å². The number of amides is 1. The van der Waals surface area contributed by atoms with Crippen LogP contribution < -0.4 is 10.1 Å². The van der Waals surface area contributed by atoms with E-state index in [9.17, 15) is 13.2 Å². The Hall–Kier alpha value is -3.16. The molecule has 1 N–H and O–H groups in total. The number of hydrogen-bond donors (Lipinski definition) is 1. The Balaban J connectivity index is 1.58. The van der Waals surface area contributed by atoms with Crippen molar-refractivity contribution in [3.63, 3.8) is 0 Å². The fourth-order valence-corrected chi connectivity index (χ4v) is 3.48. The molecule has 0 unspecified atom stereocenters. The van der Waals surface area contributed by atoms with Gasteiger partial charge in [-0.3, -0.25) is 4.79 Å². The number of nitrogens with one attached hydrogen (secondary N) is 1. The number of hydrogen-bond acceptors (Lipinski definition) is 4. The van der Waals surface area contributed by atoms with E-state index in [0.717, 1.165) is 15.6 Å². The molecule has 0 bridgehead atoms. The lowest BCUT2D eigenvalue weighted by Gasteiger charge is -2.12. The first-order chi connectivity index (χ1) is 13.9. The first kappa shape index (κ1) is 20.6. The van der Waals surface area contributed by atoms with Crippen LogP contribution in [0.25, 0.3) is 0 Å². The van der Waals surface area contributed by atoms with Crippen molar-refractivity contribution in [2.75, 3.05) is 14.1 Å². The lowest BCUT2D eigenvalue weighted by molar-refractivity contribution is 0.0951. The second-order valence-corrected chi connectivity index (χ2v) is 8.71. The highest BCUT2D eigenvalue weighted by molar-refractivity contribution is 7.89. The summed E-state index contributed by atoms with van der Waals surface area (Å²) in [7, 11) is -0.489. The summed E-state index contributed by atoms with van der Waals surface area (Å²) in [6.07, 6.45) is 0. The highest BCUT2D eigenvalue weighted by Crippen LogP contribution is 2.21. The minimum Gasteiger partial charge on any atom is -0.457 e. The van der Waals surface area contributed by atoms with Crippen molar-refractivity contribution in [2.24, 2.45) is 0 Å². The predicted octanol–water partition coefficient (Wildman–Crippen LogP) is 3.66. The molecule has 0 spiro atoms. The summed E-state index contributed by atoms with van der Waals surface area (Å²) in [5, 5.41) is 2.83. The third-order valence-corrected chi connectivity index (χ3v) is 6.08. The Bertz CT molecular complexity index is 1060. The van der Waals surface area contributed by atoms with Gasteiger partial charge < -0.3 is 10.1 Å². The maximum atomic E-state index is 12.3. The van der Waals surface area contributed by atoms with Gasteiger partial charge in [-0.15, -0.1) is 0 Å². The largest absolute Gasteiger partial charge is 0.457 e. The van der Waals surface area contributed by atoms with Crippen LogP contribution >= 0.6 is 0 Å². The number of carbonyl (C=O) groups is 1. The molecule has 0 saturated carbocycles. The lowest BCUT2D eigenvalue weighted by Crippen LogP contribution is -2.23. The molecule has 3 rings (SSSR count). The third-order valence-electron chi connectivity index (χ3n) is 4.25. The van der Waals surface area contributed by atoms with E-state index >= 15 is 0 Å². The molecule has 0 heterocycles. The average molecular weight is 410 g/mol. The topological polar surface area (TPSA) is 75.7 Å². The van der Waals surface area contributed by atoms with Crippen LogP contribution in [-0.4, -0.2) is 32.7 Å². The molecule has 0 radical (unpaired) electrons. The monoisotopic (exact) mass is 410 g/mol. The molecule has 29 heavy (non-hydrogen) atoms. The molecule has 0 aromatic heterocycles. The van der Waals surface area contributed by atoms with Gasteiger partial charge in [-0.2, -0.15) is 0 Å². The first-order valence-corrected chi connectivity index (χ1v) is 10.4. The molecule has 0 fully saturated rings. The quantitative estimate of drug-likeness (QED) is 0.645. The SMILES string of the molecule is CN(C)S(=O)(=O)c1ccc(CNC(=O)c2ccc(Oc3ccccc3)cc2)cc1. The van der Waals surface area contributed by atoms with Gasteiger partial charge in [0.05, 0.1) is 4.90 Å². The Morgan fingerprint density at radius 2 is 1.45 bits per heavy atom. The third kappa shape index (κ3) is 5.22. The summed E-state index contributed by atoms with van der Waals surface area (Å²) in [6.45, 7) is 0.295. The van der Waals surface area contributed by atoms with Gasteiger partial charge in [0.25, 0.3) is 5.91 Å². The maximum absolute atomic E-state index is 12.3. The average Bonchev–Trinajstić information content (AvgIpc) is 2.73. The van der Waals surface area contributed by atoms with E-state index in [2.05, 4.69) is 5.32 Å². The van der Waals surface area contributed by atoms with E-state index in [1.807, 2.05) is 30.3 Å². The highest BCUT2D eigenvalue weighted by atomic mass is 32.2. The van der Waals surface area contributed by atoms with E-state index in [1.165, 1.54) is 26.2 Å². The van der Waals surface area contributed by atoms with Crippen LogP contribution in [0.15, 0.2) is 83.8 Å². The van der Waals surface area contributed by atoms with Crippen LogP contribution in [0.4, 0.5) is 0 Å². The standard InChI is InChI=1S/C22H22N2O4S/c1-24(2)29(26,27)21-14-8-17(9-15-21)16-23-22(25)18-10-12-20(13-11-18)28-19-6-4-3-5-7-19/h3-15H,16H2,1-2H3,(H,23,25). The van der Waals surface area contributed by atoms with E-state index in [1.54, 1.807) is 36.4 Å². The van der Waals surface area contributed by atoms with Crippen LogP contribution in [0.3, 0.4) is 0 Å². The summed E-state index contributed by atoms with van der Waals surface area (Å²) in [5.41, 5.74) is 1.32. The van der Waals surface area contributed by atoms with Gasteiger partial charge in [-0.05, 0) is 54.1 Å². The number of benzene rings is 3. The molecule has 0 aliphatic carbocycles. The van der Waals surface area contributed by atoms with Crippen LogP contribution in [0.1, 0.15) is 15.9 Å². The van der Waals surface area contributed by atoms with Crippen molar-refractivity contribution in [1.29, 1.82) is 0 Å². The van der Waals surface area contributed by atoms with Gasteiger partial charge in [-0.1, -0.05) is 30.3 Å². The number of ether oxygens (including phenoxy) is 1. The number of rotatable bonds is 7. The molecule has 150 valence electrons. The number of nitrogens with zero attached hydrogens (tertiary/aromatic N) is 1. The van der Waals surface area contributed by atoms with Crippen molar-refractivity contribution in [3.05, 3.63) is 90.0 Å². The number of sulfonamides is 1. The fraction of sp³-hybridized carbons (Fsp3) is 0.136. The van der Waals surface area contributed by atoms with Crippen LogP contribution in [0.5, 0.6) is 11.5 Å². The van der Waals surface area contributed by atoms with Gasteiger partial charge in [0.1, 0.15) is 11.5 Å². The number of carbonyl (C=O) groups excluding carboxylic acids is 1. The van der Waals surface area contributed by atoms with Gasteiger partial charge in [0.15, 0.2) is 0 Å². The Morgan fingerprint density at radius 3 is 2.03 bits per heavy atom. The molecular weight excluding hydrogens is 388 g/mol. The molecular formula is C22H22N2O4S.